The molecule has 0 spiro atoms. The topological polar surface area (TPSA) is 80.9 Å². The Hall–Kier alpha value is -1.80. The van der Waals surface area contributed by atoms with Crippen molar-refractivity contribution in [1.82, 2.24) is 0 Å². The number of hydrogen-bond donors (Lipinski definition) is 4. The Labute approximate surface area is 251 Å². The molecule has 0 saturated heterocycles. The largest absolute Gasteiger partial charge is 0.438 e. The lowest BCUT2D eigenvalue weighted by molar-refractivity contribution is -0.343. The summed E-state index contributed by atoms with van der Waals surface area (Å²) in [5, 5.41) is 40.2. The first-order chi connectivity index (χ1) is 19.5. The molecule has 43 heavy (non-hydrogen) atoms. The van der Waals surface area contributed by atoms with Crippen LogP contribution in [0.2, 0.25) is 0 Å². The lowest BCUT2D eigenvalue weighted by atomic mass is 9.55. The second-order valence-corrected chi connectivity index (χ2v) is 14.1. The van der Waals surface area contributed by atoms with Gasteiger partial charge < -0.3 is 20.4 Å². The van der Waals surface area contributed by atoms with Crippen LogP contribution in [-0.4, -0.2) is 56.2 Å². The van der Waals surface area contributed by atoms with Crippen LogP contribution in [0.15, 0.2) is 35.5 Å². The average molecular weight is 621 g/mol. The SMILES string of the molecule is C=C1/C(=C\C=C2/CCC[C@]3(C)[C@@H]([C@](C)(CC#CC(O)(C(F)(F)F)C(F)(F)F)CCCC(C)(C)O)CC[C@@H]23)C[C@@H](O)CC1O. The molecule has 4 N–H and O–H groups in total. The first kappa shape index (κ1) is 35.7. The summed E-state index contributed by atoms with van der Waals surface area (Å²) < 4.78 is 79.9. The lowest BCUT2D eigenvalue weighted by Crippen LogP contribution is -2.55. The highest BCUT2D eigenvalue weighted by Gasteiger charge is 2.70. The monoisotopic (exact) mass is 620 g/mol. The molecule has 0 aromatic heterocycles. The zero-order valence-electron chi connectivity index (χ0n) is 25.5. The van der Waals surface area contributed by atoms with E-state index >= 15 is 0 Å². The minimum Gasteiger partial charge on any atom is -0.393 e. The van der Waals surface area contributed by atoms with Gasteiger partial charge in [-0.05, 0) is 105 Å². The number of aliphatic hydroxyl groups excluding tert-OH is 2. The van der Waals surface area contributed by atoms with Crippen LogP contribution in [-0.2, 0) is 0 Å². The van der Waals surface area contributed by atoms with Crippen LogP contribution in [0.5, 0.6) is 0 Å². The summed E-state index contributed by atoms with van der Waals surface area (Å²) in [6, 6.07) is 0. The molecule has 3 saturated carbocycles. The maximum atomic E-state index is 13.3. The van der Waals surface area contributed by atoms with Crippen molar-refractivity contribution in [3.63, 3.8) is 0 Å². The predicted octanol–water partition coefficient (Wildman–Crippen LogP) is 7.32. The quantitative estimate of drug-likeness (QED) is 0.178. The van der Waals surface area contributed by atoms with E-state index in [9.17, 15) is 46.8 Å². The molecule has 4 nitrogen and oxygen atoms in total. The van der Waals surface area contributed by atoms with Crippen LogP contribution in [0.3, 0.4) is 0 Å². The zero-order chi connectivity index (χ0) is 32.6. The van der Waals surface area contributed by atoms with E-state index in [1.807, 2.05) is 19.1 Å². The third kappa shape index (κ3) is 7.71. The van der Waals surface area contributed by atoms with Crippen LogP contribution in [0, 0.1) is 34.5 Å². The van der Waals surface area contributed by atoms with Gasteiger partial charge in [0.25, 0.3) is 0 Å². The van der Waals surface area contributed by atoms with Gasteiger partial charge in [-0.15, -0.1) is 0 Å². The minimum absolute atomic E-state index is 0.0735. The fourth-order valence-corrected chi connectivity index (χ4v) is 7.84. The summed E-state index contributed by atoms with van der Waals surface area (Å²) in [4.78, 5) is 0. The Balaban J connectivity index is 1.95. The van der Waals surface area contributed by atoms with Crippen molar-refractivity contribution in [3.8, 4) is 11.8 Å². The Kier molecular flexibility index (Phi) is 10.4. The lowest BCUT2D eigenvalue weighted by Gasteiger charge is -2.49. The molecule has 3 fully saturated rings. The van der Waals surface area contributed by atoms with E-state index in [1.165, 1.54) is 5.57 Å². The summed E-state index contributed by atoms with van der Waals surface area (Å²) in [6.45, 7) is 11.3. The Bertz CT molecular complexity index is 1140. The molecule has 3 rings (SSSR count). The fourth-order valence-electron chi connectivity index (χ4n) is 7.84. The number of hydrogen-bond acceptors (Lipinski definition) is 4. The maximum absolute atomic E-state index is 13.3. The van der Waals surface area contributed by atoms with Gasteiger partial charge in [-0.25, -0.2) is 0 Å². The van der Waals surface area contributed by atoms with E-state index in [2.05, 4.69) is 19.4 Å². The molecule has 0 aromatic carbocycles. The summed E-state index contributed by atoms with van der Waals surface area (Å²) in [5.41, 5.74) is -4.60. The highest BCUT2D eigenvalue weighted by atomic mass is 19.4. The standard InChI is InChI=1S/C33H46F6O4/c1-21-23(19-24(40)20-26(21)41)11-10-22-9-6-17-30(5)25(22)12-13-27(30)29(4,15-7-14-28(2,3)42)16-8-18-31(43,32(34,35)36)33(37,38)39/h10-11,24-27,40-43H,1,6-7,9,12-17,19-20H2,2-5H3/b22-10+,23-11-/t24-,25+,26?,27-,29+,30+/m1/s1. The van der Waals surface area contributed by atoms with E-state index in [1.54, 1.807) is 13.8 Å². The van der Waals surface area contributed by atoms with Crippen molar-refractivity contribution in [2.75, 3.05) is 0 Å². The highest BCUT2D eigenvalue weighted by molar-refractivity contribution is 5.39. The van der Waals surface area contributed by atoms with Crippen LogP contribution in [0.25, 0.3) is 0 Å². The molecular weight excluding hydrogens is 574 g/mol. The highest BCUT2D eigenvalue weighted by Crippen LogP contribution is 2.63. The van der Waals surface area contributed by atoms with Crippen LogP contribution < -0.4 is 0 Å². The van der Waals surface area contributed by atoms with Crippen molar-refractivity contribution in [1.29, 1.82) is 0 Å². The second kappa shape index (κ2) is 12.5. The first-order valence-electron chi connectivity index (χ1n) is 15.1. The van der Waals surface area contributed by atoms with Crippen molar-refractivity contribution in [2.24, 2.45) is 22.7 Å². The molecule has 10 heteroatoms. The third-order valence-corrected chi connectivity index (χ3v) is 10.2. The number of fused-ring (bicyclic) bond motifs is 1. The molecule has 0 heterocycles. The molecule has 0 aromatic rings. The summed E-state index contributed by atoms with van der Waals surface area (Å²) in [7, 11) is 0. The molecule has 0 amide bonds. The van der Waals surface area contributed by atoms with E-state index in [-0.39, 0.29) is 30.1 Å². The summed E-state index contributed by atoms with van der Waals surface area (Å²) >= 11 is 0. The molecule has 244 valence electrons. The molecule has 3 aliphatic carbocycles. The fraction of sp³-hybridized carbons (Fsp3) is 0.758. The van der Waals surface area contributed by atoms with Gasteiger partial charge in [-0.1, -0.05) is 50.5 Å². The van der Waals surface area contributed by atoms with Gasteiger partial charge in [0, 0.05) is 12.8 Å². The first-order valence-corrected chi connectivity index (χ1v) is 15.1. The van der Waals surface area contributed by atoms with Gasteiger partial charge in [-0.2, -0.15) is 26.3 Å². The number of aliphatic hydroxyl groups is 4. The van der Waals surface area contributed by atoms with Crippen LogP contribution in [0.1, 0.15) is 98.3 Å². The molecule has 0 aliphatic heterocycles. The van der Waals surface area contributed by atoms with Gasteiger partial charge in [0.05, 0.1) is 17.8 Å². The number of rotatable bonds is 7. The van der Waals surface area contributed by atoms with E-state index in [4.69, 9.17) is 0 Å². The normalized spacial score (nSPS) is 32.4. The van der Waals surface area contributed by atoms with E-state index < -0.39 is 41.2 Å². The zero-order valence-corrected chi connectivity index (χ0v) is 25.5. The molecule has 3 aliphatic rings. The van der Waals surface area contributed by atoms with Crippen LogP contribution >= 0.6 is 0 Å². The molecule has 0 bridgehead atoms. The van der Waals surface area contributed by atoms with Gasteiger partial charge in [0.1, 0.15) is 0 Å². The minimum atomic E-state index is -6.01. The molecule has 1 unspecified atom stereocenters. The van der Waals surface area contributed by atoms with Gasteiger partial charge >= 0.3 is 18.0 Å². The predicted molar refractivity (Wildman–Crippen MR) is 152 cm³/mol. The van der Waals surface area contributed by atoms with Gasteiger partial charge in [-0.3, -0.25) is 0 Å². The molecule has 0 radical (unpaired) electrons. The Morgan fingerprint density at radius 2 is 1.60 bits per heavy atom. The van der Waals surface area contributed by atoms with Crippen molar-refractivity contribution in [3.05, 3.63) is 35.5 Å². The molecular formula is C33H46F6O4. The Morgan fingerprint density at radius 3 is 2.19 bits per heavy atom. The second-order valence-electron chi connectivity index (χ2n) is 14.1. The van der Waals surface area contributed by atoms with Crippen LogP contribution in [0.4, 0.5) is 26.3 Å². The van der Waals surface area contributed by atoms with Gasteiger partial charge in [0.15, 0.2) is 0 Å². The average Bonchev–Trinajstić information content (AvgIpc) is 3.21. The van der Waals surface area contributed by atoms with Crippen molar-refractivity contribution >= 4 is 0 Å². The third-order valence-electron chi connectivity index (χ3n) is 10.2. The number of alkyl halides is 6. The van der Waals surface area contributed by atoms with E-state index in [0.29, 0.717) is 37.7 Å². The Morgan fingerprint density at radius 1 is 0.977 bits per heavy atom. The van der Waals surface area contributed by atoms with E-state index in [0.717, 1.165) is 37.2 Å². The molecule has 6 atom stereocenters. The van der Waals surface area contributed by atoms with Crippen molar-refractivity contribution in [2.45, 2.75) is 134 Å². The summed E-state index contributed by atoms with van der Waals surface area (Å²) in [6.07, 6.45) is -3.77. The van der Waals surface area contributed by atoms with Crippen molar-refractivity contribution < 1.29 is 46.8 Å². The number of halogens is 6. The summed E-state index contributed by atoms with van der Waals surface area (Å²) in [5.74, 6) is 3.35. The smallest absolute Gasteiger partial charge is 0.393 e. The van der Waals surface area contributed by atoms with Gasteiger partial charge in [0.2, 0.25) is 0 Å². The number of allylic oxidation sites excluding steroid dienone is 3. The maximum Gasteiger partial charge on any atom is 0.438 e.